The van der Waals surface area contributed by atoms with E-state index in [-0.39, 0.29) is 5.92 Å². The molecule has 3 rings (SSSR count). The quantitative estimate of drug-likeness (QED) is 0.644. The molecular formula is C16H15ClN2O3S. The molecule has 0 aliphatic heterocycles. The predicted molar refractivity (Wildman–Crippen MR) is 87.6 cm³/mol. The summed E-state index contributed by atoms with van der Waals surface area (Å²) in [6.45, 7) is 0. The van der Waals surface area contributed by atoms with Crippen LogP contribution in [0.15, 0.2) is 45.7 Å². The lowest BCUT2D eigenvalue weighted by Crippen LogP contribution is -2.23. The van der Waals surface area contributed by atoms with Crippen molar-refractivity contribution in [2.24, 2.45) is 5.92 Å². The number of aromatic nitrogens is 2. The Morgan fingerprint density at radius 3 is 2.74 bits per heavy atom. The average molecular weight is 351 g/mol. The van der Waals surface area contributed by atoms with E-state index >= 15 is 0 Å². The summed E-state index contributed by atoms with van der Waals surface area (Å²) in [5, 5.41) is 18.1. The molecule has 0 amide bonds. The zero-order valence-electron chi connectivity index (χ0n) is 12.2. The van der Waals surface area contributed by atoms with Crippen molar-refractivity contribution in [3.63, 3.8) is 0 Å². The number of hydrogen-bond donors (Lipinski definition) is 1. The Morgan fingerprint density at radius 2 is 2.00 bits per heavy atom. The second kappa shape index (κ2) is 7.19. The third-order valence-corrected chi connectivity index (χ3v) is 4.97. The van der Waals surface area contributed by atoms with Gasteiger partial charge in [-0.2, -0.15) is 0 Å². The zero-order valence-corrected chi connectivity index (χ0v) is 13.8. The Hall–Kier alpha value is -1.79. The average Bonchev–Trinajstić information content (AvgIpc) is 3.03. The number of benzene rings is 1. The van der Waals surface area contributed by atoms with Gasteiger partial charge in [0, 0.05) is 9.92 Å². The first-order valence-corrected chi connectivity index (χ1v) is 8.58. The van der Waals surface area contributed by atoms with Crippen molar-refractivity contribution in [2.75, 3.05) is 0 Å². The first-order chi connectivity index (χ1) is 11.1. The van der Waals surface area contributed by atoms with Crippen molar-refractivity contribution in [1.29, 1.82) is 0 Å². The maximum atomic E-state index is 11.3. The number of rotatable bonds is 5. The zero-order chi connectivity index (χ0) is 16.2. The van der Waals surface area contributed by atoms with Gasteiger partial charge in [-0.3, -0.25) is 4.79 Å². The number of carboxylic acid groups (broad SMARTS) is 1. The van der Waals surface area contributed by atoms with E-state index in [0.29, 0.717) is 35.4 Å². The first kappa shape index (κ1) is 16.1. The molecule has 0 radical (unpaired) electrons. The molecule has 1 aromatic carbocycles. The van der Waals surface area contributed by atoms with Crippen molar-refractivity contribution in [3.05, 3.63) is 53.2 Å². The predicted octanol–water partition coefficient (Wildman–Crippen LogP) is 4.15. The molecule has 1 aromatic heterocycles. The monoisotopic (exact) mass is 350 g/mol. The van der Waals surface area contributed by atoms with E-state index in [0.717, 1.165) is 4.90 Å². The number of carboxylic acids is 1. The highest BCUT2D eigenvalue weighted by atomic mass is 35.5. The van der Waals surface area contributed by atoms with Gasteiger partial charge in [-0.25, -0.2) is 0 Å². The molecule has 7 heteroatoms. The largest absolute Gasteiger partial charge is 0.481 e. The van der Waals surface area contributed by atoms with Crippen LogP contribution in [0.2, 0.25) is 5.02 Å². The molecule has 5 nitrogen and oxygen atoms in total. The van der Waals surface area contributed by atoms with Gasteiger partial charge in [0.15, 0.2) is 0 Å². The lowest BCUT2D eigenvalue weighted by atomic mass is 9.83. The van der Waals surface area contributed by atoms with Crippen LogP contribution in [0.25, 0.3) is 0 Å². The minimum atomic E-state index is -0.824. The van der Waals surface area contributed by atoms with Gasteiger partial charge in [0.2, 0.25) is 11.8 Å². The molecule has 0 unspecified atom stereocenters. The van der Waals surface area contributed by atoms with Crippen molar-refractivity contribution < 1.29 is 14.3 Å². The summed E-state index contributed by atoms with van der Waals surface area (Å²) in [6.07, 6.45) is 4.97. The molecule has 1 heterocycles. The highest BCUT2D eigenvalue weighted by Gasteiger charge is 2.33. The molecule has 0 saturated carbocycles. The Bertz CT molecular complexity index is 714. The molecule has 0 spiro atoms. The molecule has 1 N–H and O–H groups in total. The smallest absolute Gasteiger partial charge is 0.307 e. The number of nitrogens with zero attached hydrogens (tertiary/aromatic N) is 2. The van der Waals surface area contributed by atoms with E-state index < -0.39 is 11.9 Å². The summed E-state index contributed by atoms with van der Waals surface area (Å²) in [5.74, 6) is -0.132. The fourth-order valence-corrected chi connectivity index (χ4v) is 3.37. The molecule has 2 atom stereocenters. The van der Waals surface area contributed by atoms with Crippen LogP contribution < -0.4 is 0 Å². The summed E-state index contributed by atoms with van der Waals surface area (Å²) < 4.78 is 5.68. The number of hydrogen-bond acceptors (Lipinski definition) is 5. The lowest BCUT2D eigenvalue weighted by Gasteiger charge is -2.21. The van der Waals surface area contributed by atoms with Gasteiger partial charge in [-0.1, -0.05) is 23.8 Å². The van der Waals surface area contributed by atoms with E-state index in [9.17, 15) is 9.90 Å². The Morgan fingerprint density at radius 1 is 1.26 bits per heavy atom. The van der Waals surface area contributed by atoms with Crippen LogP contribution in [-0.2, 0) is 10.5 Å². The third-order valence-electron chi connectivity index (χ3n) is 3.73. The fraction of sp³-hybridized carbons (Fsp3) is 0.312. The summed E-state index contributed by atoms with van der Waals surface area (Å²) in [4.78, 5) is 12.4. The van der Waals surface area contributed by atoms with Crippen molar-refractivity contribution >= 4 is 29.3 Å². The van der Waals surface area contributed by atoms with Crippen LogP contribution in [0.1, 0.15) is 30.5 Å². The van der Waals surface area contributed by atoms with Crippen LogP contribution in [0.4, 0.5) is 0 Å². The van der Waals surface area contributed by atoms with Crippen molar-refractivity contribution in [2.45, 2.75) is 29.4 Å². The molecule has 1 aliphatic carbocycles. The molecular weight excluding hydrogens is 336 g/mol. The van der Waals surface area contributed by atoms with Crippen molar-refractivity contribution in [3.8, 4) is 0 Å². The van der Waals surface area contributed by atoms with E-state index in [1.165, 1.54) is 0 Å². The minimum absolute atomic E-state index is 0.251. The van der Waals surface area contributed by atoms with Crippen LogP contribution in [0.3, 0.4) is 0 Å². The summed E-state index contributed by atoms with van der Waals surface area (Å²) >= 11 is 7.42. The molecule has 0 bridgehead atoms. The van der Waals surface area contributed by atoms with Crippen molar-refractivity contribution in [1.82, 2.24) is 10.2 Å². The normalized spacial score (nSPS) is 20.6. The van der Waals surface area contributed by atoms with Gasteiger partial charge in [0.1, 0.15) is 0 Å². The summed E-state index contributed by atoms with van der Waals surface area (Å²) in [7, 11) is 0. The standard InChI is InChI=1S/C16H15ClN2O3S/c17-10-5-7-11(8-6-10)23-9-14-18-19-15(22-14)12-3-1-2-4-13(12)16(20)21/h1-2,5-8,12-13H,3-4,9H2,(H,20,21)/t12-,13-/m0/s1. The first-order valence-electron chi connectivity index (χ1n) is 7.22. The number of halogens is 1. The van der Waals surface area contributed by atoms with E-state index in [1.807, 2.05) is 36.4 Å². The maximum absolute atomic E-state index is 11.3. The topological polar surface area (TPSA) is 76.2 Å². The van der Waals surface area contributed by atoms with Crippen LogP contribution in [-0.4, -0.2) is 21.3 Å². The Kier molecular flexibility index (Phi) is 5.03. The third kappa shape index (κ3) is 3.95. The van der Waals surface area contributed by atoms with Gasteiger partial charge >= 0.3 is 5.97 Å². The summed E-state index contributed by atoms with van der Waals surface area (Å²) in [5.41, 5.74) is 0. The Labute approximate surface area is 142 Å². The van der Waals surface area contributed by atoms with Crippen LogP contribution in [0, 0.1) is 5.92 Å². The van der Waals surface area contributed by atoms with Gasteiger partial charge in [-0.05, 0) is 37.1 Å². The highest BCUT2D eigenvalue weighted by Crippen LogP contribution is 2.34. The number of allylic oxidation sites excluding steroid dienone is 2. The van der Waals surface area contributed by atoms with Crippen LogP contribution >= 0.6 is 23.4 Å². The maximum Gasteiger partial charge on any atom is 0.307 e. The molecule has 23 heavy (non-hydrogen) atoms. The second-order valence-corrected chi connectivity index (χ2v) is 6.76. The second-order valence-electron chi connectivity index (χ2n) is 5.27. The van der Waals surface area contributed by atoms with Gasteiger partial charge in [-0.15, -0.1) is 22.0 Å². The molecule has 120 valence electrons. The molecule has 0 saturated heterocycles. The molecule has 1 aliphatic rings. The van der Waals surface area contributed by atoms with Gasteiger partial charge < -0.3 is 9.52 Å². The fourth-order valence-electron chi connectivity index (χ4n) is 2.51. The van der Waals surface area contributed by atoms with E-state index in [1.54, 1.807) is 11.8 Å². The number of thioether (sulfide) groups is 1. The summed E-state index contributed by atoms with van der Waals surface area (Å²) in [6, 6.07) is 7.51. The SMILES string of the molecule is O=C(O)[C@H]1CC=CC[C@@H]1c1nnc(CSc2ccc(Cl)cc2)o1. The minimum Gasteiger partial charge on any atom is -0.481 e. The van der Waals surface area contributed by atoms with E-state index in [4.69, 9.17) is 16.0 Å². The highest BCUT2D eigenvalue weighted by molar-refractivity contribution is 7.98. The number of carbonyl (C=O) groups is 1. The Balaban J connectivity index is 1.66. The van der Waals surface area contributed by atoms with Gasteiger partial charge in [0.05, 0.1) is 17.6 Å². The van der Waals surface area contributed by atoms with Crippen LogP contribution in [0.5, 0.6) is 0 Å². The molecule has 0 fully saturated rings. The number of aliphatic carboxylic acids is 1. The van der Waals surface area contributed by atoms with E-state index in [2.05, 4.69) is 10.2 Å². The lowest BCUT2D eigenvalue weighted by molar-refractivity contribution is -0.142. The molecule has 2 aromatic rings. The van der Waals surface area contributed by atoms with Gasteiger partial charge in [0.25, 0.3) is 0 Å².